The molecule has 0 heterocycles. The molecule has 2 N–H and O–H groups in total. The standard InChI is InChI=1S/C16H16ClN3O/c1-11(14-10-13(17)8-9-15(14)18-2)19-20-16(21)12-6-4-3-5-7-12/h3-10,18H,1-2H3,(H,20,21)/b19-11-. The molecule has 0 aromatic heterocycles. The van der Waals surface area contributed by atoms with Crippen LogP contribution in [0.25, 0.3) is 0 Å². The first-order valence-corrected chi connectivity index (χ1v) is 6.87. The van der Waals surface area contributed by atoms with Crippen molar-refractivity contribution in [2.75, 3.05) is 12.4 Å². The van der Waals surface area contributed by atoms with Gasteiger partial charge in [0, 0.05) is 28.9 Å². The topological polar surface area (TPSA) is 53.5 Å². The molecular weight excluding hydrogens is 286 g/mol. The Balaban J connectivity index is 2.18. The molecular formula is C16H16ClN3O. The van der Waals surface area contributed by atoms with Crippen molar-refractivity contribution in [3.63, 3.8) is 0 Å². The molecule has 0 unspecified atom stereocenters. The number of nitrogens with zero attached hydrogens (tertiary/aromatic N) is 1. The van der Waals surface area contributed by atoms with E-state index in [2.05, 4.69) is 15.8 Å². The maximum absolute atomic E-state index is 11.9. The molecule has 0 bridgehead atoms. The molecule has 0 saturated heterocycles. The molecule has 5 heteroatoms. The first-order chi connectivity index (χ1) is 10.1. The number of hydrogen-bond donors (Lipinski definition) is 2. The minimum Gasteiger partial charge on any atom is -0.388 e. The molecule has 108 valence electrons. The highest BCUT2D eigenvalue weighted by Gasteiger charge is 2.07. The lowest BCUT2D eigenvalue weighted by Crippen LogP contribution is -2.19. The van der Waals surface area contributed by atoms with Crippen molar-refractivity contribution in [3.8, 4) is 0 Å². The molecule has 0 aliphatic rings. The highest BCUT2D eigenvalue weighted by atomic mass is 35.5. The van der Waals surface area contributed by atoms with E-state index in [1.54, 1.807) is 24.3 Å². The zero-order valence-electron chi connectivity index (χ0n) is 11.9. The number of rotatable bonds is 4. The fourth-order valence-electron chi connectivity index (χ4n) is 1.88. The van der Waals surface area contributed by atoms with Crippen LogP contribution in [0, 0.1) is 0 Å². The summed E-state index contributed by atoms with van der Waals surface area (Å²) in [5.74, 6) is -0.247. The number of carbonyl (C=O) groups is 1. The third-order valence-electron chi connectivity index (χ3n) is 3.00. The van der Waals surface area contributed by atoms with E-state index in [9.17, 15) is 4.79 Å². The summed E-state index contributed by atoms with van der Waals surface area (Å²) >= 11 is 6.01. The van der Waals surface area contributed by atoms with Crippen LogP contribution in [0.1, 0.15) is 22.8 Å². The second-order valence-electron chi connectivity index (χ2n) is 4.44. The van der Waals surface area contributed by atoms with Crippen molar-refractivity contribution in [3.05, 3.63) is 64.7 Å². The smallest absolute Gasteiger partial charge is 0.271 e. The fraction of sp³-hybridized carbons (Fsp3) is 0.125. The second-order valence-corrected chi connectivity index (χ2v) is 4.88. The first kappa shape index (κ1) is 15.1. The molecule has 2 aromatic rings. The number of halogens is 1. The molecule has 0 aliphatic heterocycles. The van der Waals surface area contributed by atoms with Gasteiger partial charge in [-0.25, -0.2) is 5.43 Å². The predicted molar refractivity (Wildman–Crippen MR) is 87.1 cm³/mol. The Labute approximate surface area is 128 Å². The van der Waals surface area contributed by atoms with E-state index in [1.807, 2.05) is 38.2 Å². The summed E-state index contributed by atoms with van der Waals surface area (Å²) in [5.41, 5.74) is 5.53. The van der Waals surface area contributed by atoms with Crippen LogP contribution in [0.4, 0.5) is 5.69 Å². The van der Waals surface area contributed by atoms with E-state index in [1.165, 1.54) is 0 Å². The Kier molecular flexibility index (Phi) is 4.95. The van der Waals surface area contributed by atoms with Gasteiger partial charge in [-0.1, -0.05) is 29.8 Å². The average molecular weight is 302 g/mol. The van der Waals surface area contributed by atoms with Gasteiger partial charge < -0.3 is 5.32 Å². The summed E-state index contributed by atoms with van der Waals surface area (Å²) < 4.78 is 0. The number of anilines is 1. The van der Waals surface area contributed by atoms with Gasteiger partial charge in [-0.15, -0.1) is 0 Å². The summed E-state index contributed by atoms with van der Waals surface area (Å²) in [5, 5.41) is 7.83. The summed E-state index contributed by atoms with van der Waals surface area (Å²) in [6.07, 6.45) is 0. The van der Waals surface area contributed by atoms with Gasteiger partial charge in [-0.3, -0.25) is 4.79 Å². The van der Waals surface area contributed by atoms with Crippen LogP contribution >= 0.6 is 11.6 Å². The Morgan fingerprint density at radius 2 is 1.86 bits per heavy atom. The van der Waals surface area contributed by atoms with Crippen molar-refractivity contribution in [2.24, 2.45) is 5.10 Å². The Bertz CT molecular complexity index is 668. The van der Waals surface area contributed by atoms with Crippen molar-refractivity contribution in [1.82, 2.24) is 5.43 Å². The molecule has 0 atom stereocenters. The van der Waals surface area contributed by atoms with Crippen LogP contribution in [0.5, 0.6) is 0 Å². The number of hydrogen-bond acceptors (Lipinski definition) is 3. The molecule has 21 heavy (non-hydrogen) atoms. The molecule has 0 fully saturated rings. The molecule has 2 aromatic carbocycles. The second kappa shape index (κ2) is 6.90. The van der Waals surface area contributed by atoms with Crippen molar-refractivity contribution >= 4 is 28.9 Å². The zero-order valence-corrected chi connectivity index (χ0v) is 12.6. The third-order valence-corrected chi connectivity index (χ3v) is 3.24. The summed E-state index contributed by atoms with van der Waals surface area (Å²) in [4.78, 5) is 11.9. The average Bonchev–Trinajstić information content (AvgIpc) is 2.53. The largest absolute Gasteiger partial charge is 0.388 e. The summed E-state index contributed by atoms with van der Waals surface area (Å²) in [7, 11) is 1.82. The Hall–Kier alpha value is -2.33. The van der Waals surface area contributed by atoms with Crippen LogP contribution in [0.3, 0.4) is 0 Å². The SMILES string of the molecule is CNc1ccc(Cl)cc1/C(C)=N\NC(=O)c1ccccc1. The van der Waals surface area contributed by atoms with Gasteiger partial charge in [0.15, 0.2) is 0 Å². The monoisotopic (exact) mass is 301 g/mol. The van der Waals surface area contributed by atoms with Gasteiger partial charge in [0.05, 0.1) is 5.71 Å². The lowest BCUT2D eigenvalue weighted by molar-refractivity contribution is 0.0955. The van der Waals surface area contributed by atoms with Gasteiger partial charge in [0.1, 0.15) is 0 Å². The lowest BCUT2D eigenvalue weighted by Gasteiger charge is -2.09. The molecule has 0 saturated carbocycles. The highest BCUT2D eigenvalue weighted by molar-refractivity contribution is 6.31. The maximum Gasteiger partial charge on any atom is 0.271 e. The van der Waals surface area contributed by atoms with Gasteiger partial charge in [-0.2, -0.15) is 5.10 Å². The molecule has 1 amide bonds. The van der Waals surface area contributed by atoms with Crippen LogP contribution in [-0.4, -0.2) is 18.7 Å². The number of carbonyl (C=O) groups excluding carboxylic acids is 1. The van der Waals surface area contributed by atoms with Crippen LogP contribution in [-0.2, 0) is 0 Å². The van der Waals surface area contributed by atoms with Crippen molar-refractivity contribution < 1.29 is 4.79 Å². The molecule has 0 spiro atoms. The predicted octanol–water partition coefficient (Wildman–Crippen LogP) is 3.54. The van der Waals surface area contributed by atoms with Gasteiger partial charge >= 0.3 is 0 Å². The minimum atomic E-state index is -0.247. The van der Waals surface area contributed by atoms with E-state index >= 15 is 0 Å². The third kappa shape index (κ3) is 3.83. The minimum absolute atomic E-state index is 0.247. The highest BCUT2D eigenvalue weighted by Crippen LogP contribution is 2.20. The maximum atomic E-state index is 11.9. The molecule has 2 rings (SSSR count). The zero-order chi connectivity index (χ0) is 15.2. The van der Waals surface area contributed by atoms with Crippen LogP contribution in [0.2, 0.25) is 5.02 Å². The molecule has 4 nitrogen and oxygen atoms in total. The quantitative estimate of drug-likeness (QED) is 0.670. The fourth-order valence-corrected chi connectivity index (χ4v) is 2.05. The Morgan fingerprint density at radius 1 is 1.14 bits per heavy atom. The van der Waals surface area contributed by atoms with Crippen LogP contribution < -0.4 is 10.7 Å². The van der Waals surface area contributed by atoms with E-state index in [0.29, 0.717) is 16.3 Å². The summed E-state index contributed by atoms with van der Waals surface area (Å²) in [6.45, 7) is 1.82. The van der Waals surface area contributed by atoms with Gasteiger partial charge in [0.25, 0.3) is 5.91 Å². The van der Waals surface area contributed by atoms with E-state index in [0.717, 1.165) is 11.3 Å². The molecule has 0 radical (unpaired) electrons. The number of nitrogens with one attached hydrogen (secondary N) is 2. The van der Waals surface area contributed by atoms with Gasteiger partial charge in [-0.05, 0) is 37.3 Å². The van der Waals surface area contributed by atoms with Crippen molar-refractivity contribution in [1.29, 1.82) is 0 Å². The normalized spacial score (nSPS) is 11.1. The van der Waals surface area contributed by atoms with E-state index in [-0.39, 0.29) is 5.91 Å². The van der Waals surface area contributed by atoms with Crippen molar-refractivity contribution in [2.45, 2.75) is 6.92 Å². The van der Waals surface area contributed by atoms with Gasteiger partial charge in [0.2, 0.25) is 0 Å². The first-order valence-electron chi connectivity index (χ1n) is 6.49. The van der Waals surface area contributed by atoms with E-state index in [4.69, 9.17) is 11.6 Å². The van der Waals surface area contributed by atoms with Crippen LogP contribution in [0.15, 0.2) is 53.6 Å². The van der Waals surface area contributed by atoms with E-state index < -0.39 is 0 Å². The lowest BCUT2D eigenvalue weighted by atomic mass is 10.1. The number of benzene rings is 2. The molecule has 0 aliphatic carbocycles. The Morgan fingerprint density at radius 3 is 2.52 bits per heavy atom. The number of hydrazone groups is 1. The number of amides is 1. The summed E-state index contributed by atoms with van der Waals surface area (Å²) in [6, 6.07) is 14.4.